The van der Waals surface area contributed by atoms with Crippen LogP contribution in [-0.2, 0) is 0 Å². The third-order valence-electron chi connectivity index (χ3n) is 21.4. The third-order valence-corrected chi connectivity index (χ3v) is 21.4. The molecule has 0 atom stereocenters. The van der Waals surface area contributed by atoms with E-state index in [2.05, 4.69) is 340 Å². The van der Waals surface area contributed by atoms with Crippen molar-refractivity contribution in [2.24, 2.45) is 0 Å². The molecular weight excluding hydrogens is 1150 g/mol. The van der Waals surface area contributed by atoms with E-state index in [1.165, 1.54) is 218 Å². The van der Waals surface area contributed by atoms with E-state index in [0.717, 1.165) is 0 Å². The van der Waals surface area contributed by atoms with Crippen LogP contribution in [0.3, 0.4) is 0 Å². The van der Waals surface area contributed by atoms with Crippen molar-refractivity contribution in [3.05, 3.63) is 340 Å². The Hall–Kier alpha value is -12.5. The van der Waals surface area contributed by atoms with Gasteiger partial charge in [0.2, 0.25) is 0 Å². The molecule has 0 radical (unpaired) electrons. The van der Waals surface area contributed by atoms with Crippen LogP contribution in [0.25, 0.3) is 218 Å². The Labute approximate surface area is 554 Å². The highest BCUT2D eigenvalue weighted by Gasteiger charge is 2.27. The standard InChI is InChI=1S/4C24H14/c1-2-8-18-15(5-1)11-12-17-13-22-19-9-3-6-16-7-4-10-20(24(16)19)23(22)14-21(17)18;1-2-6-17-12-19-14-23-21-10-4-8-15-7-3-9-20(24(15)21)22(23)13-18(19)11-16(17)5-1;1-2-6-17-14-22-18(13-16(17)5-1)11-12-20-19-9-3-7-15-8-4-10-21(23(15)19)24(20)22;1-2-7-16-13-22-17(12-15(16)6-1)14-23-19-9-4-3-8-18(19)20-10-5-11-21(22)24(20)23/h4*1-14H. The van der Waals surface area contributed by atoms with Crippen molar-refractivity contribution >= 4 is 129 Å². The van der Waals surface area contributed by atoms with Gasteiger partial charge in [-0.3, -0.25) is 0 Å². The van der Waals surface area contributed by atoms with Gasteiger partial charge >= 0.3 is 0 Å². The van der Waals surface area contributed by atoms with Crippen molar-refractivity contribution in [3.63, 3.8) is 0 Å². The van der Waals surface area contributed by atoms with E-state index in [-0.39, 0.29) is 0 Å². The van der Waals surface area contributed by atoms with Crippen molar-refractivity contribution < 1.29 is 0 Å². The van der Waals surface area contributed by atoms with Crippen LogP contribution in [-0.4, -0.2) is 0 Å². The average Bonchev–Trinajstić information content (AvgIpc) is 1.59. The molecule has 0 unspecified atom stereocenters. The van der Waals surface area contributed by atoms with E-state index in [1.54, 1.807) is 0 Å². The van der Waals surface area contributed by atoms with Gasteiger partial charge in [-0.25, -0.2) is 0 Å². The summed E-state index contributed by atoms with van der Waals surface area (Å²) < 4.78 is 0. The lowest BCUT2D eigenvalue weighted by Crippen LogP contribution is -1.82. The molecule has 0 aromatic heterocycles. The summed E-state index contributed by atoms with van der Waals surface area (Å²) >= 11 is 0. The van der Waals surface area contributed by atoms with Gasteiger partial charge in [-0.1, -0.05) is 273 Å². The Balaban J connectivity index is 0.0000000849. The zero-order chi connectivity index (χ0) is 62.7. The van der Waals surface area contributed by atoms with Crippen LogP contribution in [0.5, 0.6) is 0 Å². The first-order valence-electron chi connectivity index (χ1n) is 33.5. The first kappa shape index (κ1) is 53.1. The lowest BCUT2D eigenvalue weighted by atomic mass is 9.94. The van der Waals surface area contributed by atoms with Crippen molar-refractivity contribution in [2.45, 2.75) is 0 Å². The summed E-state index contributed by atoms with van der Waals surface area (Å²) in [7, 11) is 0. The van der Waals surface area contributed by atoms with Crippen molar-refractivity contribution in [3.8, 4) is 89.0 Å². The normalized spacial score (nSPS) is 12.2. The molecule has 0 N–H and O–H groups in total. The molecule has 0 nitrogen and oxygen atoms in total. The van der Waals surface area contributed by atoms with Gasteiger partial charge in [-0.2, -0.15) is 0 Å². The summed E-state index contributed by atoms with van der Waals surface area (Å²) in [5.41, 5.74) is 21.9. The zero-order valence-electron chi connectivity index (χ0n) is 52.3. The number of rotatable bonds is 0. The zero-order valence-corrected chi connectivity index (χ0v) is 52.3. The molecule has 0 fully saturated rings. The quantitative estimate of drug-likeness (QED) is 0.105. The number of benzene rings is 20. The molecule has 4 aliphatic rings. The maximum absolute atomic E-state index is 2.39. The van der Waals surface area contributed by atoms with Crippen LogP contribution >= 0.6 is 0 Å². The Morgan fingerprint density at radius 2 is 0.417 bits per heavy atom. The fourth-order valence-corrected chi connectivity index (χ4v) is 17.1. The molecular formula is C96H56. The second-order valence-electron chi connectivity index (χ2n) is 26.5. The number of fused-ring (bicyclic) bond motifs is 23. The molecule has 0 bridgehead atoms. The highest BCUT2D eigenvalue weighted by atomic mass is 14.3. The van der Waals surface area contributed by atoms with Gasteiger partial charge in [0.05, 0.1) is 0 Å². The Morgan fingerprint density at radius 3 is 0.969 bits per heavy atom. The molecule has 0 amide bonds. The summed E-state index contributed by atoms with van der Waals surface area (Å²) in [6, 6.07) is 125. The molecule has 0 saturated carbocycles. The van der Waals surface area contributed by atoms with Crippen LogP contribution in [0.4, 0.5) is 0 Å². The molecule has 0 heteroatoms. The van der Waals surface area contributed by atoms with Gasteiger partial charge in [0.25, 0.3) is 0 Å². The minimum absolute atomic E-state index is 1.30. The van der Waals surface area contributed by atoms with Crippen molar-refractivity contribution in [1.82, 2.24) is 0 Å². The fourth-order valence-electron chi connectivity index (χ4n) is 17.1. The highest BCUT2D eigenvalue weighted by Crippen LogP contribution is 2.54. The van der Waals surface area contributed by atoms with Crippen LogP contribution in [0, 0.1) is 0 Å². The minimum atomic E-state index is 1.30. The molecule has 4 aliphatic carbocycles. The van der Waals surface area contributed by atoms with Crippen LogP contribution in [0.15, 0.2) is 340 Å². The van der Waals surface area contributed by atoms with Gasteiger partial charge in [-0.15, -0.1) is 0 Å². The van der Waals surface area contributed by atoms with Crippen molar-refractivity contribution in [1.29, 1.82) is 0 Å². The molecule has 20 aromatic rings. The van der Waals surface area contributed by atoms with Crippen LogP contribution in [0.2, 0.25) is 0 Å². The van der Waals surface area contributed by atoms with E-state index in [4.69, 9.17) is 0 Å². The second kappa shape index (κ2) is 20.5. The first-order valence-corrected chi connectivity index (χ1v) is 33.5. The van der Waals surface area contributed by atoms with Gasteiger partial charge < -0.3 is 0 Å². The van der Waals surface area contributed by atoms with Gasteiger partial charge in [0.15, 0.2) is 0 Å². The summed E-state index contributed by atoms with van der Waals surface area (Å²) in [6.45, 7) is 0. The maximum Gasteiger partial charge on any atom is -0.00199 e. The number of hydrogen-bond donors (Lipinski definition) is 0. The molecule has 0 aliphatic heterocycles. The summed E-state index contributed by atoms with van der Waals surface area (Å²) in [4.78, 5) is 0. The Morgan fingerprint density at radius 1 is 0.104 bits per heavy atom. The molecule has 96 heavy (non-hydrogen) atoms. The summed E-state index contributed by atoms with van der Waals surface area (Å²) in [6.07, 6.45) is 0. The smallest absolute Gasteiger partial charge is 0.00199 e. The Bertz CT molecular complexity index is 6640. The lowest BCUT2D eigenvalue weighted by molar-refractivity contribution is 1.70. The van der Waals surface area contributed by atoms with E-state index < -0.39 is 0 Å². The maximum atomic E-state index is 2.39. The van der Waals surface area contributed by atoms with Gasteiger partial charge in [-0.05, 0) is 285 Å². The fraction of sp³-hybridized carbons (Fsp3) is 0. The SMILES string of the molecule is c1cc2c3c(cccc3c1)-c1cc3c(ccc4ccccc43)cc1-2.c1ccc2c(c1)-c1cccc3c1c-2cc1cc2ccccc2cc13.c1ccc2cc3c4c(ccc3cc2c1)-c1cccc2cccc-4c12.c1ccc2cc3cc4c(cc3cc2c1)-c1cccc2cccc-4c12. The predicted molar refractivity (Wildman–Crippen MR) is 414 cm³/mol. The predicted octanol–water partition coefficient (Wildman–Crippen LogP) is 27.2. The van der Waals surface area contributed by atoms with Crippen LogP contribution in [0.1, 0.15) is 0 Å². The molecule has 24 rings (SSSR count). The lowest BCUT2D eigenvalue weighted by Gasteiger charge is -2.09. The molecule has 20 aromatic carbocycles. The molecule has 0 heterocycles. The Kier molecular flexibility index (Phi) is 11.3. The largest absolute Gasteiger partial charge is 0.0616 e. The molecule has 440 valence electrons. The third kappa shape index (κ3) is 7.91. The topological polar surface area (TPSA) is 0 Å². The number of hydrogen-bond acceptors (Lipinski definition) is 0. The monoisotopic (exact) mass is 1210 g/mol. The van der Waals surface area contributed by atoms with Gasteiger partial charge in [0, 0.05) is 0 Å². The molecule has 0 saturated heterocycles. The van der Waals surface area contributed by atoms with Gasteiger partial charge in [0.1, 0.15) is 0 Å². The molecule has 0 spiro atoms. The van der Waals surface area contributed by atoms with E-state index in [0.29, 0.717) is 0 Å². The van der Waals surface area contributed by atoms with E-state index in [1.807, 2.05) is 0 Å². The first-order chi connectivity index (χ1) is 47.6. The van der Waals surface area contributed by atoms with Crippen molar-refractivity contribution in [2.75, 3.05) is 0 Å². The van der Waals surface area contributed by atoms with Crippen LogP contribution < -0.4 is 0 Å². The highest BCUT2D eigenvalue weighted by molar-refractivity contribution is 6.27. The summed E-state index contributed by atoms with van der Waals surface area (Å²) in [5.74, 6) is 0. The average molecular weight is 1210 g/mol. The van der Waals surface area contributed by atoms with E-state index in [9.17, 15) is 0 Å². The minimum Gasteiger partial charge on any atom is -0.0616 e. The second-order valence-corrected chi connectivity index (χ2v) is 26.5. The van der Waals surface area contributed by atoms with E-state index >= 15 is 0 Å². The summed E-state index contributed by atoms with van der Waals surface area (Å²) in [5, 5.41) is 32.1.